The molecule has 5 heteroatoms. The highest BCUT2D eigenvalue weighted by Crippen LogP contribution is 1.91. The van der Waals surface area contributed by atoms with E-state index in [9.17, 15) is 9.59 Å². The molecule has 0 spiro atoms. The third-order valence-electron chi connectivity index (χ3n) is 1.14. The van der Waals surface area contributed by atoms with Crippen LogP contribution in [0.3, 0.4) is 0 Å². The number of hydrogen-bond acceptors (Lipinski definition) is 4. The Bertz CT molecular complexity index is 207. The number of hydrogen-bond donors (Lipinski definition) is 2. The molecule has 0 saturated heterocycles. The Hall–Kier alpha value is -1.36. The second-order valence-electron chi connectivity index (χ2n) is 2.48. The molecule has 2 N–H and O–H groups in total. The van der Waals surface area contributed by atoms with Crippen molar-refractivity contribution in [1.82, 2.24) is 0 Å². The summed E-state index contributed by atoms with van der Waals surface area (Å²) in [7, 11) is 0. The number of aliphatic carboxylic acids is 1. The molecule has 0 aliphatic rings. The summed E-state index contributed by atoms with van der Waals surface area (Å²) in [4.78, 5) is 20.6. The molecule has 0 rings (SSSR count). The summed E-state index contributed by atoms with van der Waals surface area (Å²) < 4.78 is 4.55. The fourth-order valence-corrected chi connectivity index (χ4v) is 0.518. The van der Waals surface area contributed by atoms with Crippen LogP contribution in [0, 0.1) is 0 Å². The number of ether oxygens (including phenoxy) is 1. The number of esters is 1. The second-order valence-corrected chi connectivity index (χ2v) is 2.48. The van der Waals surface area contributed by atoms with E-state index in [2.05, 4.69) is 4.74 Å². The first-order chi connectivity index (χ1) is 6.02. The van der Waals surface area contributed by atoms with Crippen LogP contribution in [0.2, 0.25) is 0 Å². The van der Waals surface area contributed by atoms with Crippen molar-refractivity contribution >= 4 is 11.9 Å². The highest BCUT2D eigenvalue weighted by molar-refractivity contribution is 5.90. The van der Waals surface area contributed by atoms with Crippen LogP contribution in [0.15, 0.2) is 12.2 Å². The third kappa shape index (κ3) is 8.55. The van der Waals surface area contributed by atoms with Crippen molar-refractivity contribution in [2.45, 2.75) is 19.4 Å². The largest absolute Gasteiger partial charge is 0.478 e. The first kappa shape index (κ1) is 11.6. The summed E-state index contributed by atoms with van der Waals surface area (Å²) in [5.41, 5.74) is 0. The van der Waals surface area contributed by atoms with Gasteiger partial charge in [0, 0.05) is 18.6 Å². The Labute approximate surface area is 75.6 Å². The molecule has 0 bridgehead atoms. The molecule has 5 nitrogen and oxygen atoms in total. The van der Waals surface area contributed by atoms with Gasteiger partial charge < -0.3 is 14.9 Å². The molecule has 0 saturated carbocycles. The zero-order valence-corrected chi connectivity index (χ0v) is 7.27. The molecule has 0 aromatic heterocycles. The topological polar surface area (TPSA) is 83.8 Å². The Kier molecular flexibility index (Phi) is 5.54. The maximum Gasteiger partial charge on any atom is 0.331 e. The molecule has 0 aromatic carbocycles. The van der Waals surface area contributed by atoms with Crippen LogP contribution in [0.4, 0.5) is 0 Å². The van der Waals surface area contributed by atoms with E-state index in [4.69, 9.17) is 10.2 Å². The van der Waals surface area contributed by atoms with E-state index in [1.807, 2.05) is 0 Å². The first-order valence-electron chi connectivity index (χ1n) is 3.78. The molecule has 1 unspecified atom stereocenters. The average Bonchev–Trinajstić information content (AvgIpc) is 2.00. The second kappa shape index (κ2) is 6.19. The predicted molar refractivity (Wildman–Crippen MR) is 44.0 cm³/mol. The molecule has 1 atom stereocenters. The molecule has 0 heterocycles. The van der Waals surface area contributed by atoms with Crippen LogP contribution < -0.4 is 0 Å². The number of aliphatic hydroxyl groups is 1. The van der Waals surface area contributed by atoms with Gasteiger partial charge in [0.25, 0.3) is 0 Å². The number of carboxylic acid groups (broad SMARTS) is 1. The van der Waals surface area contributed by atoms with Crippen molar-refractivity contribution < 1.29 is 24.5 Å². The van der Waals surface area contributed by atoms with E-state index in [0.717, 1.165) is 6.08 Å². The molecule has 0 aliphatic carbocycles. The van der Waals surface area contributed by atoms with Crippen LogP contribution in [0.5, 0.6) is 0 Å². The van der Waals surface area contributed by atoms with E-state index in [0.29, 0.717) is 12.5 Å². The van der Waals surface area contributed by atoms with Crippen LogP contribution in [-0.2, 0) is 14.3 Å². The Balaban J connectivity index is 3.58. The van der Waals surface area contributed by atoms with E-state index in [-0.39, 0.29) is 6.61 Å². The lowest BCUT2D eigenvalue weighted by Crippen LogP contribution is -2.09. The minimum atomic E-state index is -1.20. The van der Waals surface area contributed by atoms with Gasteiger partial charge in [-0.3, -0.25) is 0 Å². The van der Waals surface area contributed by atoms with Crippen molar-refractivity contribution in [3.8, 4) is 0 Å². The predicted octanol–water partition coefficient (Wildman–Crippen LogP) is -0.0587. The van der Waals surface area contributed by atoms with Crippen molar-refractivity contribution in [3.05, 3.63) is 12.2 Å². The summed E-state index contributed by atoms with van der Waals surface area (Å²) in [6.45, 7) is 1.65. The summed E-state index contributed by atoms with van der Waals surface area (Å²) in [5, 5.41) is 16.9. The molecule has 0 fully saturated rings. The molecule has 0 amide bonds. The van der Waals surface area contributed by atoms with Gasteiger partial charge in [-0.15, -0.1) is 0 Å². The molecule has 0 radical (unpaired) electrons. The van der Waals surface area contributed by atoms with Gasteiger partial charge in [-0.25, -0.2) is 9.59 Å². The number of carbonyl (C=O) groups is 2. The minimum Gasteiger partial charge on any atom is -0.478 e. The number of aliphatic hydroxyl groups excluding tert-OH is 1. The van der Waals surface area contributed by atoms with Crippen LogP contribution in [0.1, 0.15) is 13.3 Å². The van der Waals surface area contributed by atoms with E-state index in [1.54, 1.807) is 6.92 Å². The van der Waals surface area contributed by atoms with E-state index in [1.165, 1.54) is 0 Å². The van der Waals surface area contributed by atoms with Crippen molar-refractivity contribution in [1.29, 1.82) is 0 Å². The van der Waals surface area contributed by atoms with Gasteiger partial charge in [-0.05, 0) is 6.92 Å². The summed E-state index contributed by atoms with van der Waals surface area (Å²) >= 11 is 0. The van der Waals surface area contributed by atoms with Crippen LogP contribution >= 0.6 is 0 Å². The zero-order chi connectivity index (χ0) is 10.3. The molecular formula is C8H12O5. The van der Waals surface area contributed by atoms with E-state index < -0.39 is 18.0 Å². The summed E-state index contributed by atoms with van der Waals surface area (Å²) in [6.07, 6.45) is 1.33. The lowest BCUT2D eigenvalue weighted by Gasteiger charge is -2.03. The van der Waals surface area contributed by atoms with Crippen molar-refractivity contribution in [3.63, 3.8) is 0 Å². The molecule has 13 heavy (non-hydrogen) atoms. The monoisotopic (exact) mass is 188 g/mol. The smallest absolute Gasteiger partial charge is 0.331 e. The van der Waals surface area contributed by atoms with Gasteiger partial charge in [0.1, 0.15) is 0 Å². The lowest BCUT2D eigenvalue weighted by molar-refractivity contribution is -0.139. The highest BCUT2D eigenvalue weighted by Gasteiger charge is 2.00. The molecule has 0 aromatic rings. The molecule has 74 valence electrons. The normalized spacial score (nSPS) is 12.8. The zero-order valence-electron chi connectivity index (χ0n) is 7.27. The SMILES string of the molecule is CC(O)CCOC(=O)/C=C\C(=O)O. The Morgan fingerprint density at radius 2 is 2.08 bits per heavy atom. The average molecular weight is 188 g/mol. The first-order valence-corrected chi connectivity index (χ1v) is 3.78. The fourth-order valence-electron chi connectivity index (χ4n) is 0.518. The maximum absolute atomic E-state index is 10.7. The Morgan fingerprint density at radius 3 is 2.54 bits per heavy atom. The standard InChI is InChI=1S/C8H12O5/c1-6(9)4-5-13-8(12)3-2-7(10)11/h2-3,6,9H,4-5H2,1H3,(H,10,11)/b3-2-. The van der Waals surface area contributed by atoms with Crippen molar-refractivity contribution in [2.75, 3.05) is 6.61 Å². The number of carboxylic acids is 1. The quantitative estimate of drug-likeness (QED) is 0.466. The van der Waals surface area contributed by atoms with Gasteiger partial charge in [0.05, 0.1) is 12.7 Å². The number of rotatable bonds is 5. The minimum absolute atomic E-state index is 0.0838. The van der Waals surface area contributed by atoms with Gasteiger partial charge >= 0.3 is 11.9 Å². The van der Waals surface area contributed by atoms with Gasteiger partial charge in [0.15, 0.2) is 0 Å². The van der Waals surface area contributed by atoms with Gasteiger partial charge in [0.2, 0.25) is 0 Å². The number of carbonyl (C=O) groups excluding carboxylic acids is 1. The molecule has 0 aliphatic heterocycles. The Morgan fingerprint density at radius 1 is 1.46 bits per heavy atom. The summed E-state index contributed by atoms with van der Waals surface area (Å²) in [6, 6.07) is 0. The highest BCUT2D eigenvalue weighted by atomic mass is 16.5. The van der Waals surface area contributed by atoms with Crippen LogP contribution in [-0.4, -0.2) is 34.9 Å². The maximum atomic E-state index is 10.7. The summed E-state index contributed by atoms with van der Waals surface area (Å²) in [5.74, 6) is -1.92. The van der Waals surface area contributed by atoms with Crippen molar-refractivity contribution in [2.24, 2.45) is 0 Å². The van der Waals surface area contributed by atoms with Gasteiger partial charge in [-0.1, -0.05) is 0 Å². The lowest BCUT2D eigenvalue weighted by atomic mass is 10.3. The fraction of sp³-hybridized carbons (Fsp3) is 0.500. The van der Waals surface area contributed by atoms with Crippen LogP contribution in [0.25, 0.3) is 0 Å². The third-order valence-corrected chi connectivity index (χ3v) is 1.14. The van der Waals surface area contributed by atoms with Gasteiger partial charge in [-0.2, -0.15) is 0 Å². The molecular weight excluding hydrogens is 176 g/mol. The van der Waals surface area contributed by atoms with E-state index >= 15 is 0 Å².